The normalized spacial score (nSPS) is 10.8. The number of carbonyl (C=O) groups excluding carboxylic acids is 1. The Morgan fingerprint density at radius 1 is 1.14 bits per heavy atom. The van der Waals surface area contributed by atoms with Gasteiger partial charge in [-0.05, 0) is 49.4 Å². The van der Waals surface area contributed by atoms with Crippen LogP contribution in [0.2, 0.25) is 0 Å². The number of fused-ring (bicyclic) bond motifs is 1. The van der Waals surface area contributed by atoms with E-state index in [1.165, 1.54) is 0 Å². The molecular weight excluding hydrogens is 356 g/mol. The van der Waals surface area contributed by atoms with E-state index in [1.54, 1.807) is 42.2 Å². The molecule has 0 spiro atoms. The minimum absolute atomic E-state index is 0.0242. The second-order valence-corrected chi connectivity index (χ2v) is 6.40. The molecule has 28 heavy (non-hydrogen) atoms. The van der Waals surface area contributed by atoms with Crippen molar-refractivity contribution in [3.63, 3.8) is 0 Å². The van der Waals surface area contributed by atoms with E-state index in [4.69, 9.17) is 4.74 Å². The highest BCUT2D eigenvalue weighted by molar-refractivity contribution is 5.93. The standard InChI is InChI=1S/C21H24N4O3/c1-25-19-7-6-18(14-16(19)5-8-20(25)26)28-13-3-10-22-11-12-24-21(27)17-4-2-9-23-15-17/h2,4-9,14-15,22H,3,10-13H2,1H3,(H,24,27). The molecule has 3 rings (SSSR count). The van der Waals surface area contributed by atoms with Gasteiger partial charge in [0.25, 0.3) is 11.5 Å². The Morgan fingerprint density at radius 2 is 2.04 bits per heavy atom. The minimum atomic E-state index is -0.118. The molecule has 0 atom stereocenters. The summed E-state index contributed by atoms with van der Waals surface area (Å²) in [6.07, 6.45) is 4.04. The summed E-state index contributed by atoms with van der Waals surface area (Å²) in [4.78, 5) is 27.4. The predicted octanol–water partition coefficient (Wildman–Crippen LogP) is 1.72. The minimum Gasteiger partial charge on any atom is -0.494 e. The average molecular weight is 380 g/mol. The number of hydrogen-bond acceptors (Lipinski definition) is 5. The summed E-state index contributed by atoms with van der Waals surface area (Å²) in [5.74, 6) is 0.668. The maximum atomic E-state index is 11.9. The van der Waals surface area contributed by atoms with Crippen molar-refractivity contribution in [1.82, 2.24) is 20.2 Å². The Hall–Kier alpha value is -3.19. The zero-order valence-electron chi connectivity index (χ0n) is 15.9. The van der Waals surface area contributed by atoms with E-state index in [9.17, 15) is 9.59 Å². The first-order valence-corrected chi connectivity index (χ1v) is 9.27. The molecule has 2 aromatic heterocycles. The van der Waals surface area contributed by atoms with E-state index < -0.39 is 0 Å². The first-order valence-electron chi connectivity index (χ1n) is 9.27. The van der Waals surface area contributed by atoms with Crippen molar-refractivity contribution in [2.24, 2.45) is 7.05 Å². The fourth-order valence-corrected chi connectivity index (χ4v) is 2.83. The van der Waals surface area contributed by atoms with Crippen LogP contribution in [0.25, 0.3) is 10.9 Å². The summed E-state index contributed by atoms with van der Waals surface area (Å²) >= 11 is 0. The highest BCUT2D eigenvalue weighted by Gasteiger charge is 2.04. The monoisotopic (exact) mass is 380 g/mol. The van der Waals surface area contributed by atoms with Gasteiger partial charge in [0.2, 0.25) is 0 Å². The molecule has 7 nitrogen and oxygen atoms in total. The molecule has 0 aliphatic rings. The summed E-state index contributed by atoms with van der Waals surface area (Å²) in [6, 6.07) is 12.6. The number of nitrogens with one attached hydrogen (secondary N) is 2. The van der Waals surface area contributed by atoms with Gasteiger partial charge in [-0.1, -0.05) is 0 Å². The molecule has 1 amide bonds. The van der Waals surface area contributed by atoms with Crippen LogP contribution in [0.3, 0.4) is 0 Å². The molecule has 0 radical (unpaired) electrons. The van der Waals surface area contributed by atoms with Crippen LogP contribution in [0.4, 0.5) is 0 Å². The van der Waals surface area contributed by atoms with Gasteiger partial charge < -0.3 is 19.9 Å². The fourth-order valence-electron chi connectivity index (χ4n) is 2.83. The molecule has 2 N–H and O–H groups in total. The van der Waals surface area contributed by atoms with Gasteiger partial charge in [-0.15, -0.1) is 0 Å². The van der Waals surface area contributed by atoms with Crippen molar-refractivity contribution in [1.29, 1.82) is 0 Å². The van der Waals surface area contributed by atoms with Crippen LogP contribution in [-0.2, 0) is 7.05 Å². The van der Waals surface area contributed by atoms with Crippen molar-refractivity contribution >= 4 is 16.8 Å². The van der Waals surface area contributed by atoms with E-state index in [-0.39, 0.29) is 11.5 Å². The topological polar surface area (TPSA) is 85.2 Å². The third-order valence-corrected chi connectivity index (χ3v) is 4.37. The number of benzene rings is 1. The van der Waals surface area contributed by atoms with Crippen LogP contribution < -0.4 is 20.9 Å². The molecule has 0 unspecified atom stereocenters. The van der Waals surface area contributed by atoms with Crippen molar-refractivity contribution < 1.29 is 9.53 Å². The second-order valence-electron chi connectivity index (χ2n) is 6.40. The Bertz CT molecular complexity index is 986. The van der Waals surface area contributed by atoms with E-state index in [1.807, 2.05) is 24.3 Å². The number of ether oxygens (including phenoxy) is 1. The summed E-state index contributed by atoms with van der Waals surface area (Å²) in [5.41, 5.74) is 1.42. The van der Waals surface area contributed by atoms with Crippen molar-refractivity contribution in [2.45, 2.75) is 6.42 Å². The van der Waals surface area contributed by atoms with Crippen LogP contribution in [0, 0.1) is 0 Å². The maximum Gasteiger partial charge on any atom is 0.252 e. The van der Waals surface area contributed by atoms with Crippen LogP contribution in [0.5, 0.6) is 5.75 Å². The molecule has 146 valence electrons. The number of rotatable bonds is 9. The summed E-state index contributed by atoms with van der Waals surface area (Å²) < 4.78 is 7.40. The molecule has 0 fully saturated rings. The zero-order valence-corrected chi connectivity index (χ0v) is 15.9. The third kappa shape index (κ3) is 5.17. The number of amides is 1. The molecule has 3 aromatic rings. The van der Waals surface area contributed by atoms with Crippen LogP contribution in [-0.4, -0.2) is 41.7 Å². The predicted molar refractivity (Wildman–Crippen MR) is 109 cm³/mol. The van der Waals surface area contributed by atoms with Crippen LogP contribution >= 0.6 is 0 Å². The van der Waals surface area contributed by atoms with E-state index >= 15 is 0 Å². The largest absolute Gasteiger partial charge is 0.494 e. The van der Waals surface area contributed by atoms with E-state index in [2.05, 4.69) is 15.6 Å². The Balaban J connectivity index is 1.32. The third-order valence-electron chi connectivity index (χ3n) is 4.37. The molecule has 0 saturated heterocycles. The lowest BCUT2D eigenvalue weighted by atomic mass is 10.2. The van der Waals surface area contributed by atoms with Gasteiger partial charge in [0.15, 0.2) is 0 Å². The average Bonchev–Trinajstić information content (AvgIpc) is 2.73. The first kappa shape index (κ1) is 19.6. The Morgan fingerprint density at radius 3 is 2.86 bits per heavy atom. The van der Waals surface area contributed by atoms with Gasteiger partial charge >= 0.3 is 0 Å². The number of hydrogen-bond donors (Lipinski definition) is 2. The smallest absolute Gasteiger partial charge is 0.252 e. The molecule has 0 aliphatic carbocycles. The molecule has 7 heteroatoms. The zero-order chi connectivity index (χ0) is 19.8. The molecule has 1 aromatic carbocycles. The lowest BCUT2D eigenvalue weighted by molar-refractivity contribution is 0.0953. The van der Waals surface area contributed by atoms with E-state index in [0.29, 0.717) is 25.3 Å². The van der Waals surface area contributed by atoms with Crippen LogP contribution in [0.1, 0.15) is 16.8 Å². The quantitative estimate of drug-likeness (QED) is 0.552. The SMILES string of the molecule is Cn1c(=O)ccc2cc(OCCCNCCNC(=O)c3cccnc3)ccc21. The fraction of sp³-hybridized carbons (Fsp3) is 0.286. The molecular formula is C21H24N4O3. The lowest BCUT2D eigenvalue weighted by Gasteiger charge is -2.10. The molecule has 0 aliphatic heterocycles. The number of nitrogens with zero attached hydrogens (tertiary/aromatic N) is 2. The summed E-state index contributed by atoms with van der Waals surface area (Å²) in [6.45, 7) is 2.63. The first-order chi connectivity index (χ1) is 13.6. The van der Waals surface area contributed by atoms with Gasteiger partial charge in [0.1, 0.15) is 5.75 Å². The van der Waals surface area contributed by atoms with Gasteiger partial charge in [-0.3, -0.25) is 14.6 Å². The molecule has 2 heterocycles. The highest BCUT2D eigenvalue weighted by Crippen LogP contribution is 2.19. The van der Waals surface area contributed by atoms with E-state index in [0.717, 1.165) is 29.6 Å². The molecule has 0 saturated carbocycles. The van der Waals surface area contributed by atoms with Gasteiger partial charge in [0, 0.05) is 44.0 Å². The van der Waals surface area contributed by atoms with Crippen LogP contribution in [0.15, 0.2) is 59.7 Å². The van der Waals surface area contributed by atoms with Crippen molar-refractivity contribution in [2.75, 3.05) is 26.2 Å². The lowest BCUT2D eigenvalue weighted by Crippen LogP contribution is -2.32. The van der Waals surface area contributed by atoms with Crippen molar-refractivity contribution in [3.05, 3.63) is 70.8 Å². The summed E-state index contributed by atoms with van der Waals surface area (Å²) in [7, 11) is 1.76. The number of carbonyl (C=O) groups is 1. The molecule has 0 bridgehead atoms. The Kier molecular flexibility index (Phi) is 6.75. The number of pyridine rings is 2. The maximum absolute atomic E-state index is 11.9. The van der Waals surface area contributed by atoms with Gasteiger partial charge in [-0.2, -0.15) is 0 Å². The highest BCUT2D eigenvalue weighted by atomic mass is 16.5. The number of aromatic nitrogens is 2. The number of aryl methyl sites for hydroxylation is 1. The van der Waals surface area contributed by atoms with Gasteiger partial charge in [-0.25, -0.2) is 0 Å². The summed E-state index contributed by atoms with van der Waals surface area (Å²) in [5, 5.41) is 7.09. The Labute approximate surface area is 163 Å². The van der Waals surface area contributed by atoms with Gasteiger partial charge in [0.05, 0.1) is 17.7 Å². The second kappa shape index (κ2) is 9.66. The van der Waals surface area contributed by atoms with Crippen molar-refractivity contribution in [3.8, 4) is 5.75 Å².